The van der Waals surface area contributed by atoms with Crippen molar-refractivity contribution in [2.75, 3.05) is 18.6 Å². The Labute approximate surface area is 118 Å². The van der Waals surface area contributed by atoms with Crippen LogP contribution >= 0.6 is 0 Å². The van der Waals surface area contributed by atoms with Crippen molar-refractivity contribution in [3.05, 3.63) is 29.8 Å². The van der Waals surface area contributed by atoms with Crippen molar-refractivity contribution in [3.8, 4) is 0 Å². The van der Waals surface area contributed by atoms with E-state index in [9.17, 15) is 9.59 Å². The Balaban J connectivity index is 2.12. The predicted molar refractivity (Wildman–Crippen MR) is 74.9 cm³/mol. The van der Waals surface area contributed by atoms with Crippen molar-refractivity contribution < 1.29 is 19.4 Å². The second-order valence-corrected chi connectivity index (χ2v) is 4.96. The molecule has 1 amide bonds. The molecule has 1 saturated heterocycles. The number of carboxylic acids is 1. The fourth-order valence-electron chi connectivity index (χ4n) is 2.54. The molecule has 0 aromatic heterocycles. The highest BCUT2D eigenvalue weighted by Gasteiger charge is 2.34. The minimum atomic E-state index is -0.972. The summed E-state index contributed by atoms with van der Waals surface area (Å²) >= 11 is 0. The zero-order chi connectivity index (χ0) is 14.7. The summed E-state index contributed by atoms with van der Waals surface area (Å²) in [5.41, 5.74) is 0.909. The molecule has 0 saturated carbocycles. The topological polar surface area (TPSA) is 66.8 Å². The average Bonchev–Trinajstić information content (AvgIpc) is 2.94. The van der Waals surface area contributed by atoms with Crippen molar-refractivity contribution >= 4 is 17.6 Å². The Morgan fingerprint density at radius 2 is 2.00 bits per heavy atom. The third kappa shape index (κ3) is 2.82. The Kier molecular flexibility index (Phi) is 4.39. The van der Waals surface area contributed by atoms with Gasteiger partial charge in [0.15, 0.2) is 0 Å². The van der Waals surface area contributed by atoms with Crippen LogP contribution in [0.4, 0.5) is 5.69 Å². The number of carbonyl (C=O) groups excluding carboxylic acids is 1. The smallest absolute Gasteiger partial charge is 0.335 e. The lowest BCUT2D eigenvalue weighted by Gasteiger charge is -2.23. The van der Waals surface area contributed by atoms with Gasteiger partial charge < -0.3 is 14.7 Å². The number of hydrogen-bond acceptors (Lipinski definition) is 3. The van der Waals surface area contributed by atoms with E-state index >= 15 is 0 Å². The zero-order valence-corrected chi connectivity index (χ0v) is 11.7. The van der Waals surface area contributed by atoms with Crippen LogP contribution in [-0.2, 0) is 9.53 Å². The van der Waals surface area contributed by atoms with Gasteiger partial charge in [-0.3, -0.25) is 4.79 Å². The lowest BCUT2D eigenvalue weighted by atomic mass is 9.98. The minimum Gasteiger partial charge on any atom is -0.478 e. The van der Waals surface area contributed by atoms with Crippen molar-refractivity contribution in [2.24, 2.45) is 5.92 Å². The molecule has 0 aliphatic carbocycles. The summed E-state index contributed by atoms with van der Waals surface area (Å²) < 4.78 is 5.55. The van der Waals surface area contributed by atoms with Crippen LogP contribution in [0.2, 0.25) is 0 Å². The van der Waals surface area contributed by atoms with E-state index in [1.165, 1.54) is 12.1 Å². The van der Waals surface area contributed by atoms with Crippen molar-refractivity contribution in [1.29, 1.82) is 0 Å². The summed E-state index contributed by atoms with van der Waals surface area (Å²) in [7, 11) is 1.71. The van der Waals surface area contributed by atoms with Crippen LogP contribution in [0.5, 0.6) is 0 Å². The number of nitrogens with zero attached hydrogens (tertiary/aromatic N) is 1. The van der Waals surface area contributed by atoms with Crippen LogP contribution in [-0.4, -0.2) is 36.7 Å². The van der Waals surface area contributed by atoms with Gasteiger partial charge in [-0.15, -0.1) is 0 Å². The Morgan fingerprint density at radius 3 is 2.55 bits per heavy atom. The molecule has 20 heavy (non-hydrogen) atoms. The van der Waals surface area contributed by atoms with Crippen molar-refractivity contribution in [1.82, 2.24) is 0 Å². The standard InChI is InChI=1S/C15H19NO4/c1-3-13-12(8-9-20-13)14(17)16(2)11-6-4-10(5-7-11)15(18)19/h4-7,12-13H,3,8-9H2,1-2H3,(H,18,19). The number of hydrogen-bond donors (Lipinski definition) is 1. The van der Waals surface area contributed by atoms with E-state index in [1.807, 2.05) is 6.92 Å². The first kappa shape index (κ1) is 14.5. The molecular weight excluding hydrogens is 258 g/mol. The number of aromatic carboxylic acids is 1. The van der Waals surface area contributed by atoms with Gasteiger partial charge in [0.05, 0.1) is 17.6 Å². The molecule has 2 atom stereocenters. The largest absolute Gasteiger partial charge is 0.478 e. The number of rotatable bonds is 4. The van der Waals surface area contributed by atoms with Crippen LogP contribution < -0.4 is 4.90 Å². The molecule has 2 unspecified atom stereocenters. The molecule has 1 heterocycles. The van der Waals surface area contributed by atoms with E-state index in [0.717, 1.165) is 12.8 Å². The fraction of sp³-hybridized carbons (Fsp3) is 0.467. The molecule has 0 radical (unpaired) electrons. The zero-order valence-electron chi connectivity index (χ0n) is 11.7. The third-order valence-electron chi connectivity index (χ3n) is 3.76. The molecule has 0 bridgehead atoms. The predicted octanol–water partition coefficient (Wildman–Crippen LogP) is 2.16. The highest BCUT2D eigenvalue weighted by atomic mass is 16.5. The Hall–Kier alpha value is -1.88. The normalized spacial score (nSPS) is 21.7. The van der Waals surface area contributed by atoms with E-state index in [4.69, 9.17) is 9.84 Å². The molecule has 5 nitrogen and oxygen atoms in total. The van der Waals surface area contributed by atoms with E-state index in [1.54, 1.807) is 24.1 Å². The lowest BCUT2D eigenvalue weighted by Crippen LogP contribution is -2.36. The van der Waals surface area contributed by atoms with Crippen LogP contribution in [0, 0.1) is 5.92 Å². The first-order valence-electron chi connectivity index (χ1n) is 6.77. The average molecular weight is 277 g/mol. The minimum absolute atomic E-state index is 0.0109. The number of anilines is 1. The molecule has 1 aromatic rings. The van der Waals surface area contributed by atoms with Gasteiger partial charge in [0.2, 0.25) is 5.91 Å². The summed E-state index contributed by atoms with van der Waals surface area (Å²) in [4.78, 5) is 24.9. The monoisotopic (exact) mass is 277 g/mol. The summed E-state index contributed by atoms with van der Waals surface area (Å²) in [5.74, 6) is -1.05. The first-order valence-corrected chi connectivity index (χ1v) is 6.77. The maximum Gasteiger partial charge on any atom is 0.335 e. The lowest BCUT2D eigenvalue weighted by molar-refractivity contribution is -0.123. The maximum atomic E-state index is 12.5. The van der Waals surface area contributed by atoms with E-state index in [2.05, 4.69) is 0 Å². The molecule has 1 aliphatic rings. The summed E-state index contributed by atoms with van der Waals surface area (Å²) in [6.45, 7) is 2.64. The molecule has 2 rings (SSSR count). The first-order chi connectivity index (χ1) is 9.54. The Morgan fingerprint density at radius 1 is 1.35 bits per heavy atom. The van der Waals surface area contributed by atoms with Crippen LogP contribution in [0.15, 0.2) is 24.3 Å². The Bertz CT molecular complexity index is 497. The van der Waals surface area contributed by atoms with Crippen molar-refractivity contribution in [2.45, 2.75) is 25.9 Å². The SMILES string of the molecule is CCC1OCCC1C(=O)N(C)c1ccc(C(=O)O)cc1. The molecule has 1 fully saturated rings. The maximum absolute atomic E-state index is 12.5. The molecule has 0 spiro atoms. The van der Waals surface area contributed by atoms with Crippen LogP contribution in [0.3, 0.4) is 0 Å². The second-order valence-electron chi connectivity index (χ2n) is 4.96. The molecular formula is C15H19NO4. The van der Waals surface area contributed by atoms with Gasteiger partial charge in [-0.2, -0.15) is 0 Å². The van der Waals surface area contributed by atoms with E-state index < -0.39 is 5.97 Å². The highest BCUT2D eigenvalue weighted by Crippen LogP contribution is 2.27. The summed E-state index contributed by atoms with van der Waals surface area (Å²) in [6, 6.07) is 6.31. The number of benzene rings is 1. The molecule has 1 aromatic carbocycles. The summed E-state index contributed by atoms with van der Waals surface area (Å²) in [5, 5.41) is 8.87. The highest BCUT2D eigenvalue weighted by molar-refractivity contribution is 5.95. The van der Waals surface area contributed by atoms with Gasteiger partial charge in [-0.05, 0) is 37.1 Å². The number of ether oxygens (including phenoxy) is 1. The quantitative estimate of drug-likeness (QED) is 0.915. The molecule has 5 heteroatoms. The van der Waals surface area contributed by atoms with Crippen molar-refractivity contribution in [3.63, 3.8) is 0 Å². The number of carbonyl (C=O) groups is 2. The van der Waals surface area contributed by atoms with E-state index in [-0.39, 0.29) is 23.5 Å². The van der Waals surface area contributed by atoms with Gasteiger partial charge in [0.1, 0.15) is 0 Å². The molecule has 1 aliphatic heterocycles. The van der Waals surface area contributed by atoms with Crippen LogP contribution in [0.1, 0.15) is 30.1 Å². The van der Waals surface area contributed by atoms with Gasteiger partial charge in [0, 0.05) is 19.3 Å². The van der Waals surface area contributed by atoms with Gasteiger partial charge >= 0.3 is 5.97 Å². The fourth-order valence-corrected chi connectivity index (χ4v) is 2.54. The number of carboxylic acid groups (broad SMARTS) is 1. The molecule has 1 N–H and O–H groups in total. The van der Waals surface area contributed by atoms with Gasteiger partial charge in [0.25, 0.3) is 0 Å². The van der Waals surface area contributed by atoms with Crippen LogP contribution in [0.25, 0.3) is 0 Å². The van der Waals surface area contributed by atoms with E-state index in [0.29, 0.717) is 12.3 Å². The second kappa shape index (κ2) is 6.05. The third-order valence-corrected chi connectivity index (χ3v) is 3.76. The summed E-state index contributed by atoms with van der Waals surface area (Å²) in [6.07, 6.45) is 1.56. The van der Waals surface area contributed by atoms with Gasteiger partial charge in [-0.25, -0.2) is 4.79 Å². The molecule has 108 valence electrons. The van der Waals surface area contributed by atoms with Gasteiger partial charge in [-0.1, -0.05) is 6.92 Å². The number of amides is 1.